The number of carbonyl (C=O) groups excluding carboxylic acids is 1. The van der Waals surface area contributed by atoms with Crippen LogP contribution in [0.3, 0.4) is 0 Å². The van der Waals surface area contributed by atoms with Gasteiger partial charge in [-0.3, -0.25) is 9.69 Å². The van der Waals surface area contributed by atoms with Crippen LogP contribution >= 0.6 is 11.3 Å². The molecule has 0 aliphatic carbocycles. The smallest absolute Gasteiger partial charge is 0.282 e. The van der Waals surface area contributed by atoms with Crippen LogP contribution in [0.25, 0.3) is 0 Å². The summed E-state index contributed by atoms with van der Waals surface area (Å²) in [5, 5.41) is 11.9. The molecule has 154 valence electrons. The summed E-state index contributed by atoms with van der Waals surface area (Å²) in [6.07, 6.45) is 3.27. The summed E-state index contributed by atoms with van der Waals surface area (Å²) in [5.74, 6) is 1.02. The number of aromatic nitrogens is 2. The van der Waals surface area contributed by atoms with Crippen molar-refractivity contribution in [3.8, 4) is 0 Å². The van der Waals surface area contributed by atoms with Gasteiger partial charge in [0.15, 0.2) is 0 Å². The van der Waals surface area contributed by atoms with E-state index in [1.807, 2.05) is 24.3 Å². The van der Waals surface area contributed by atoms with E-state index in [0.717, 1.165) is 17.1 Å². The van der Waals surface area contributed by atoms with E-state index in [4.69, 9.17) is 8.83 Å². The Labute approximate surface area is 176 Å². The number of rotatable bonds is 9. The molecule has 0 aliphatic heterocycles. The molecule has 0 fully saturated rings. The Morgan fingerprint density at radius 3 is 2.23 bits per heavy atom. The molecule has 1 aromatic carbocycles. The minimum Gasteiger partial charge on any atom is -0.468 e. The Morgan fingerprint density at radius 2 is 1.63 bits per heavy atom. The van der Waals surface area contributed by atoms with Crippen LogP contribution in [0, 0.1) is 5.82 Å². The monoisotopic (exact) mass is 426 g/mol. The van der Waals surface area contributed by atoms with Crippen molar-refractivity contribution in [2.24, 2.45) is 0 Å². The van der Waals surface area contributed by atoms with E-state index in [-0.39, 0.29) is 23.3 Å². The van der Waals surface area contributed by atoms with E-state index < -0.39 is 0 Å². The number of hydrogen-bond donors (Lipinski definition) is 1. The van der Waals surface area contributed by atoms with Crippen molar-refractivity contribution in [3.05, 3.63) is 94.0 Å². The van der Waals surface area contributed by atoms with Gasteiger partial charge in [-0.25, -0.2) is 4.39 Å². The molecule has 1 amide bonds. The van der Waals surface area contributed by atoms with Gasteiger partial charge in [-0.15, -0.1) is 10.2 Å². The van der Waals surface area contributed by atoms with E-state index in [0.29, 0.717) is 24.6 Å². The Kier molecular flexibility index (Phi) is 6.31. The number of carbonyl (C=O) groups is 1. The van der Waals surface area contributed by atoms with Gasteiger partial charge in [-0.1, -0.05) is 23.5 Å². The van der Waals surface area contributed by atoms with Crippen LogP contribution in [0.15, 0.2) is 69.9 Å². The quantitative estimate of drug-likeness (QED) is 0.436. The number of nitrogens with zero attached hydrogens (tertiary/aromatic N) is 3. The van der Waals surface area contributed by atoms with E-state index in [1.165, 1.54) is 23.5 Å². The highest BCUT2D eigenvalue weighted by Gasteiger charge is 2.17. The molecule has 3 heterocycles. The average Bonchev–Trinajstić information content (AvgIpc) is 3.51. The highest BCUT2D eigenvalue weighted by Crippen LogP contribution is 2.17. The first-order chi connectivity index (χ1) is 14.7. The third kappa shape index (κ3) is 5.40. The molecule has 9 heteroatoms. The van der Waals surface area contributed by atoms with Gasteiger partial charge in [0.2, 0.25) is 5.01 Å². The Hall–Kier alpha value is -3.30. The number of furan rings is 2. The second kappa shape index (κ2) is 9.47. The SMILES string of the molecule is O=C(NCc1ccc(F)cc1)c1nnc(CN(Cc2ccco2)Cc2ccco2)s1. The number of nitrogens with one attached hydrogen (secondary N) is 1. The van der Waals surface area contributed by atoms with Crippen molar-refractivity contribution in [1.82, 2.24) is 20.4 Å². The normalized spacial score (nSPS) is 11.1. The van der Waals surface area contributed by atoms with E-state index >= 15 is 0 Å². The van der Waals surface area contributed by atoms with Crippen molar-refractivity contribution in [1.29, 1.82) is 0 Å². The van der Waals surface area contributed by atoms with Crippen LogP contribution in [0.1, 0.15) is 31.9 Å². The molecule has 3 aromatic heterocycles. The Morgan fingerprint density at radius 1 is 0.967 bits per heavy atom. The lowest BCUT2D eigenvalue weighted by Gasteiger charge is -2.18. The molecule has 0 aliphatic rings. The van der Waals surface area contributed by atoms with Crippen LogP contribution in [0.5, 0.6) is 0 Å². The van der Waals surface area contributed by atoms with Crippen LogP contribution in [-0.2, 0) is 26.2 Å². The highest BCUT2D eigenvalue weighted by molar-refractivity contribution is 7.13. The Bertz CT molecular complexity index is 1030. The lowest BCUT2D eigenvalue weighted by atomic mass is 10.2. The Balaban J connectivity index is 1.38. The molecule has 0 bridgehead atoms. The van der Waals surface area contributed by atoms with Crippen LogP contribution < -0.4 is 5.32 Å². The molecule has 1 N–H and O–H groups in total. The van der Waals surface area contributed by atoms with Gasteiger partial charge in [0.1, 0.15) is 22.3 Å². The van der Waals surface area contributed by atoms with E-state index in [9.17, 15) is 9.18 Å². The number of halogens is 1. The average molecular weight is 426 g/mol. The lowest BCUT2D eigenvalue weighted by molar-refractivity contribution is 0.0950. The molecule has 0 saturated carbocycles. The van der Waals surface area contributed by atoms with Gasteiger partial charge in [-0.05, 0) is 42.0 Å². The molecular weight excluding hydrogens is 407 g/mol. The molecule has 0 saturated heterocycles. The standard InChI is InChI=1S/C21H19FN4O3S/c22-16-7-5-15(6-8-16)11-23-20(27)21-25-24-19(30-21)14-26(12-17-3-1-9-28-17)13-18-4-2-10-29-18/h1-10H,11-14H2,(H,23,27). The minimum atomic E-state index is -0.313. The van der Waals surface area contributed by atoms with Crippen molar-refractivity contribution < 1.29 is 18.0 Å². The van der Waals surface area contributed by atoms with Crippen molar-refractivity contribution >= 4 is 17.2 Å². The van der Waals surface area contributed by atoms with E-state index in [1.54, 1.807) is 24.7 Å². The second-order valence-electron chi connectivity index (χ2n) is 6.61. The maximum atomic E-state index is 13.0. The molecule has 0 spiro atoms. The second-order valence-corrected chi connectivity index (χ2v) is 7.68. The number of benzene rings is 1. The minimum absolute atomic E-state index is 0.281. The number of hydrogen-bond acceptors (Lipinski definition) is 7. The maximum absolute atomic E-state index is 13.0. The molecular formula is C21H19FN4O3S. The molecule has 30 heavy (non-hydrogen) atoms. The molecule has 0 atom stereocenters. The fraction of sp³-hybridized carbons (Fsp3) is 0.190. The molecule has 0 unspecified atom stereocenters. The van der Waals surface area contributed by atoms with Crippen molar-refractivity contribution in [2.45, 2.75) is 26.2 Å². The largest absolute Gasteiger partial charge is 0.468 e. The lowest BCUT2D eigenvalue weighted by Crippen LogP contribution is -2.22. The fourth-order valence-corrected chi connectivity index (χ4v) is 3.67. The molecule has 4 rings (SSSR count). The number of amides is 1. The van der Waals surface area contributed by atoms with Gasteiger partial charge in [-0.2, -0.15) is 0 Å². The summed E-state index contributed by atoms with van der Waals surface area (Å²) < 4.78 is 23.9. The predicted octanol–water partition coefficient (Wildman–Crippen LogP) is 4.00. The maximum Gasteiger partial charge on any atom is 0.282 e. The zero-order valence-electron chi connectivity index (χ0n) is 16.0. The first kappa shape index (κ1) is 20.0. The van der Waals surface area contributed by atoms with Gasteiger partial charge in [0, 0.05) is 6.54 Å². The van der Waals surface area contributed by atoms with Crippen LogP contribution in [-0.4, -0.2) is 21.0 Å². The fourth-order valence-electron chi connectivity index (χ4n) is 2.87. The molecule has 4 aromatic rings. The van der Waals surface area contributed by atoms with Crippen LogP contribution in [0.4, 0.5) is 4.39 Å². The third-order valence-electron chi connectivity index (χ3n) is 4.31. The summed E-state index contributed by atoms with van der Waals surface area (Å²) in [4.78, 5) is 14.5. The van der Waals surface area contributed by atoms with Gasteiger partial charge in [0.25, 0.3) is 5.91 Å². The summed E-state index contributed by atoms with van der Waals surface area (Å²) in [6.45, 7) is 1.92. The molecule has 0 radical (unpaired) electrons. The van der Waals surface area contributed by atoms with Crippen LogP contribution in [0.2, 0.25) is 0 Å². The first-order valence-electron chi connectivity index (χ1n) is 9.28. The first-order valence-corrected chi connectivity index (χ1v) is 10.1. The zero-order chi connectivity index (χ0) is 20.8. The van der Waals surface area contributed by atoms with Gasteiger partial charge < -0.3 is 14.2 Å². The topological polar surface area (TPSA) is 84.4 Å². The highest BCUT2D eigenvalue weighted by atomic mass is 32.1. The van der Waals surface area contributed by atoms with E-state index in [2.05, 4.69) is 20.4 Å². The van der Waals surface area contributed by atoms with Crippen molar-refractivity contribution in [3.63, 3.8) is 0 Å². The molecule has 7 nitrogen and oxygen atoms in total. The summed E-state index contributed by atoms with van der Waals surface area (Å²) >= 11 is 1.23. The van der Waals surface area contributed by atoms with Gasteiger partial charge in [0.05, 0.1) is 32.2 Å². The summed E-state index contributed by atoms with van der Waals surface area (Å²) in [6, 6.07) is 13.5. The predicted molar refractivity (Wildman–Crippen MR) is 108 cm³/mol. The third-order valence-corrected chi connectivity index (χ3v) is 5.21. The summed E-state index contributed by atoms with van der Waals surface area (Å²) in [7, 11) is 0. The zero-order valence-corrected chi connectivity index (χ0v) is 16.8. The van der Waals surface area contributed by atoms with Gasteiger partial charge >= 0.3 is 0 Å². The van der Waals surface area contributed by atoms with Crippen molar-refractivity contribution in [2.75, 3.05) is 0 Å². The summed E-state index contributed by atoms with van der Waals surface area (Å²) in [5.41, 5.74) is 0.803.